The monoisotopic (exact) mass is 328 g/mol. The van der Waals surface area contributed by atoms with Gasteiger partial charge in [-0.2, -0.15) is 5.10 Å². The van der Waals surface area contributed by atoms with Crippen molar-refractivity contribution in [2.45, 2.75) is 39.2 Å². The highest BCUT2D eigenvalue weighted by Gasteiger charge is 2.32. The second-order valence-corrected chi connectivity index (χ2v) is 6.06. The van der Waals surface area contributed by atoms with Crippen molar-refractivity contribution in [3.8, 4) is 0 Å². The van der Waals surface area contributed by atoms with Crippen molar-refractivity contribution in [1.29, 1.82) is 0 Å². The van der Waals surface area contributed by atoms with E-state index >= 15 is 0 Å². The van der Waals surface area contributed by atoms with E-state index in [0.29, 0.717) is 24.8 Å². The summed E-state index contributed by atoms with van der Waals surface area (Å²) in [5, 5.41) is 4.25. The molecule has 5 heteroatoms. The highest BCUT2D eigenvalue weighted by Crippen LogP contribution is 2.36. The fraction of sp³-hybridized carbons (Fsp3) is 0.714. The number of halogens is 1. The second-order valence-electron chi connectivity index (χ2n) is 5.21. The van der Waals surface area contributed by atoms with Crippen LogP contribution in [0.15, 0.2) is 10.7 Å². The Morgan fingerprint density at radius 2 is 2.37 bits per heavy atom. The number of hydrogen-bond acceptors (Lipinski definition) is 3. The molecule has 19 heavy (non-hydrogen) atoms. The van der Waals surface area contributed by atoms with Crippen LogP contribution in [0.5, 0.6) is 0 Å². The Morgan fingerprint density at radius 3 is 3.00 bits per heavy atom. The minimum atomic E-state index is 0.166. The van der Waals surface area contributed by atoms with Gasteiger partial charge in [0, 0.05) is 13.0 Å². The molecule has 1 aliphatic rings. The van der Waals surface area contributed by atoms with E-state index in [-0.39, 0.29) is 11.7 Å². The molecule has 2 unspecified atom stereocenters. The number of ketones is 1. The molecule has 106 valence electrons. The summed E-state index contributed by atoms with van der Waals surface area (Å²) >= 11 is 3.44. The molecule has 0 bridgehead atoms. The molecule has 0 spiro atoms. The summed E-state index contributed by atoms with van der Waals surface area (Å²) in [6, 6.07) is 0. The summed E-state index contributed by atoms with van der Waals surface area (Å²) in [5.74, 6) is 1.11. The summed E-state index contributed by atoms with van der Waals surface area (Å²) in [4.78, 5) is 12.6. The molecule has 4 nitrogen and oxygen atoms in total. The second kappa shape index (κ2) is 6.66. The number of rotatable bonds is 6. The van der Waals surface area contributed by atoms with Crippen LogP contribution in [0.1, 0.15) is 43.1 Å². The molecule has 1 heterocycles. The molecule has 1 fully saturated rings. The largest absolute Gasteiger partial charge is 0.383 e. The van der Waals surface area contributed by atoms with E-state index in [4.69, 9.17) is 4.74 Å². The third kappa shape index (κ3) is 3.26. The number of methoxy groups -OCH3 is 1. The van der Waals surface area contributed by atoms with Gasteiger partial charge in [-0.3, -0.25) is 9.48 Å². The average Bonchev–Trinajstić information content (AvgIpc) is 3.02. The number of carbonyl (C=O) groups excluding carboxylic acids is 1. The molecular formula is C14H21BrN2O2. The zero-order chi connectivity index (χ0) is 13.8. The van der Waals surface area contributed by atoms with Gasteiger partial charge < -0.3 is 4.74 Å². The molecule has 2 atom stereocenters. The first-order chi connectivity index (χ1) is 9.17. The van der Waals surface area contributed by atoms with Crippen LogP contribution in [0.3, 0.4) is 0 Å². The highest BCUT2D eigenvalue weighted by molar-refractivity contribution is 9.10. The Balaban J connectivity index is 2.12. The van der Waals surface area contributed by atoms with Gasteiger partial charge in [0.2, 0.25) is 0 Å². The summed E-state index contributed by atoms with van der Waals surface area (Å²) < 4.78 is 7.62. The SMILES string of the molecule is CCC1CCC(C(=O)c2c(Br)cnn2CCOC)C1. The fourth-order valence-electron chi connectivity index (χ4n) is 2.83. The van der Waals surface area contributed by atoms with E-state index in [1.54, 1.807) is 18.0 Å². The van der Waals surface area contributed by atoms with Crippen LogP contribution >= 0.6 is 15.9 Å². The smallest absolute Gasteiger partial charge is 0.185 e. The molecule has 0 amide bonds. The minimum absolute atomic E-state index is 0.166. The summed E-state index contributed by atoms with van der Waals surface area (Å²) in [5.41, 5.74) is 0.707. The number of nitrogens with zero attached hydrogens (tertiary/aromatic N) is 2. The van der Waals surface area contributed by atoms with E-state index in [1.165, 1.54) is 12.8 Å². The molecule has 0 aromatic carbocycles. The lowest BCUT2D eigenvalue weighted by molar-refractivity contribution is 0.0904. The van der Waals surface area contributed by atoms with Crippen LogP contribution in [0.25, 0.3) is 0 Å². The van der Waals surface area contributed by atoms with Crippen molar-refractivity contribution in [2.24, 2.45) is 11.8 Å². The van der Waals surface area contributed by atoms with Gasteiger partial charge in [0.1, 0.15) is 5.69 Å². The lowest BCUT2D eigenvalue weighted by Gasteiger charge is -2.12. The number of ether oxygens (including phenoxy) is 1. The van der Waals surface area contributed by atoms with Crippen molar-refractivity contribution in [3.05, 3.63) is 16.4 Å². The van der Waals surface area contributed by atoms with Gasteiger partial charge in [-0.05, 0) is 41.1 Å². The standard InChI is InChI=1S/C14H21BrN2O2/c1-3-10-4-5-11(8-10)14(18)13-12(15)9-16-17(13)6-7-19-2/h9-11H,3-8H2,1-2H3. The number of aromatic nitrogens is 2. The van der Waals surface area contributed by atoms with Gasteiger partial charge in [-0.1, -0.05) is 13.3 Å². The minimum Gasteiger partial charge on any atom is -0.383 e. The van der Waals surface area contributed by atoms with Gasteiger partial charge in [0.25, 0.3) is 0 Å². The summed E-state index contributed by atoms with van der Waals surface area (Å²) in [6.07, 6.45) is 6.09. The first-order valence-electron chi connectivity index (χ1n) is 6.91. The normalized spacial score (nSPS) is 22.9. The fourth-order valence-corrected chi connectivity index (χ4v) is 3.32. The third-order valence-corrected chi connectivity index (χ3v) is 4.61. The van der Waals surface area contributed by atoms with Crippen molar-refractivity contribution >= 4 is 21.7 Å². The first-order valence-corrected chi connectivity index (χ1v) is 7.71. The Hall–Kier alpha value is -0.680. The van der Waals surface area contributed by atoms with Crippen molar-refractivity contribution < 1.29 is 9.53 Å². The first kappa shape index (κ1) is 14.7. The Bertz CT molecular complexity index is 445. The summed E-state index contributed by atoms with van der Waals surface area (Å²) in [7, 11) is 1.66. The van der Waals surface area contributed by atoms with E-state index < -0.39 is 0 Å². The van der Waals surface area contributed by atoms with E-state index in [9.17, 15) is 4.79 Å². The molecule has 1 aromatic heterocycles. The van der Waals surface area contributed by atoms with Gasteiger partial charge in [-0.25, -0.2) is 0 Å². The van der Waals surface area contributed by atoms with Crippen molar-refractivity contribution in [2.75, 3.05) is 13.7 Å². The molecular weight excluding hydrogens is 308 g/mol. The maximum Gasteiger partial charge on any atom is 0.185 e. The lowest BCUT2D eigenvalue weighted by atomic mass is 9.97. The van der Waals surface area contributed by atoms with Crippen LogP contribution in [-0.2, 0) is 11.3 Å². The lowest BCUT2D eigenvalue weighted by Crippen LogP contribution is -2.19. The summed E-state index contributed by atoms with van der Waals surface area (Å²) in [6.45, 7) is 3.39. The topological polar surface area (TPSA) is 44.1 Å². The molecule has 1 aromatic rings. The van der Waals surface area contributed by atoms with E-state index in [2.05, 4.69) is 28.0 Å². The van der Waals surface area contributed by atoms with Crippen molar-refractivity contribution in [3.63, 3.8) is 0 Å². The van der Waals surface area contributed by atoms with Gasteiger partial charge >= 0.3 is 0 Å². The Labute approximate surface area is 122 Å². The Morgan fingerprint density at radius 1 is 1.58 bits per heavy atom. The highest BCUT2D eigenvalue weighted by atomic mass is 79.9. The molecule has 1 aliphatic carbocycles. The third-order valence-electron chi connectivity index (χ3n) is 4.02. The van der Waals surface area contributed by atoms with Crippen LogP contribution in [0.2, 0.25) is 0 Å². The van der Waals surface area contributed by atoms with Crippen molar-refractivity contribution in [1.82, 2.24) is 9.78 Å². The predicted octanol–water partition coefficient (Wildman–Crippen LogP) is 3.30. The molecule has 2 rings (SSSR count). The van der Waals surface area contributed by atoms with Crippen LogP contribution in [-0.4, -0.2) is 29.3 Å². The maximum absolute atomic E-state index is 12.6. The zero-order valence-electron chi connectivity index (χ0n) is 11.6. The molecule has 0 N–H and O–H groups in total. The van der Waals surface area contributed by atoms with Crippen LogP contribution in [0.4, 0.5) is 0 Å². The average molecular weight is 329 g/mol. The number of carbonyl (C=O) groups is 1. The number of Topliss-reactive ketones (excluding diaryl/α,β-unsaturated/α-hetero) is 1. The van der Waals surface area contributed by atoms with E-state index in [0.717, 1.165) is 17.3 Å². The van der Waals surface area contributed by atoms with Crippen LogP contribution in [0, 0.1) is 11.8 Å². The molecule has 0 aliphatic heterocycles. The van der Waals surface area contributed by atoms with Crippen LogP contribution < -0.4 is 0 Å². The maximum atomic E-state index is 12.6. The molecule has 0 saturated heterocycles. The zero-order valence-corrected chi connectivity index (χ0v) is 13.1. The number of hydrogen-bond donors (Lipinski definition) is 0. The Kier molecular flexibility index (Phi) is 5.16. The predicted molar refractivity (Wildman–Crippen MR) is 77.3 cm³/mol. The quantitative estimate of drug-likeness (QED) is 0.752. The van der Waals surface area contributed by atoms with E-state index in [1.807, 2.05) is 0 Å². The molecule has 0 radical (unpaired) electrons. The van der Waals surface area contributed by atoms with Gasteiger partial charge in [0.15, 0.2) is 5.78 Å². The van der Waals surface area contributed by atoms with Gasteiger partial charge in [-0.15, -0.1) is 0 Å². The van der Waals surface area contributed by atoms with Gasteiger partial charge in [0.05, 0.1) is 23.8 Å². The molecule has 1 saturated carbocycles.